The molecule has 2 heterocycles. The fourth-order valence-electron chi connectivity index (χ4n) is 4.56. The second-order valence-corrected chi connectivity index (χ2v) is 10.2. The summed E-state index contributed by atoms with van der Waals surface area (Å²) in [6.07, 6.45) is 2.24. The molecule has 4 aromatic carbocycles. The molecule has 0 atom stereocenters. The van der Waals surface area contributed by atoms with Crippen LogP contribution in [-0.4, -0.2) is 44.2 Å². The van der Waals surface area contributed by atoms with Crippen LogP contribution in [0, 0.1) is 20.2 Å². The molecule has 6 rings (SSSR count). The summed E-state index contributed by atoms with van der Waals surface area (Å²) in [5, 5.41) is 39.9. The lowest BCUT2D eigenvalue weighted by Gasteiger charge is -2.06. The van der Waals surface area contributed by atoms with Gasteiger partial charge in [0.15, 0.2) is 6.29 Å². The predicted octanol–water partition coefficient (Wildman–Crippen LogP) is -1.80. The molecule has 0 fully saturated rings. The third-order valence-electron chi connectivity index (χ3n) is 6.79. The minimum atomic E-state index is -0.452. The van der Waals surface area contributed by atoms with E-state index in [-0.39, 0.29) is 48.1 Å². The maximum Gasteiger partial charge on any atom is 0.269 e. The molecule has 53 heavy (non-hydrogen) atoms. The number of rotatable bonds is 9. The molecule has 0 unspecified atom stereocenters. The zero-order valence-corrected chi connectivity index (χ0v) is 28.8. The number of nitrogens with one attached hydrogen (secondary N) is 4. The fraction of sp³-hybridized carbons (Fsp3) is 0. The molecule has 2 aromatic heterocycles. The van der Waals surface area contributed by atoms with Crippen LogP contribution in [-0.2, 0) is 0 Å². The van der Waals surface area contributed by atoms with Crippen molar-refractivity contribution < 1.29 is 39.5 Å². The van der Waals surface area contributed by atoms with Crippen molar-refractivity contribution in [2.45, 2.75) is 0 Å². The molecular formula is C32H32Cl2N14O5-2. The molecule has 0 radical (unpaired) electrons. The number of non-ortho nitro benzene ring substituents is 2. The van der Waals surface area contributed by atoms with Gasteiger partial charge in [-0.25, -0.2) is 0 Å². The van der Waals surface area contributed by atoms with E-state index in [1.54, 1.807) is 24.3 Å². The average Bonchev–Trinajstić information content (AvgIpc) is 3.66. The number of fused-ring (bicyclic) bond motifs is 2. The van der Waals surface area contributed by atoms with Gasteiger partial charge in [-0.2, -0.15) is 5.10 Å². The monoisotopic (exact) mass is 762 g/mol. The third kappa shape index (κ3) is 11.3. The van der Waals surface area contributed by atoms with Crippen molar-refractivity contribution in [3.63, 3.8) is 0 Å². The molecule has 0 aliphatic carbocycles. The summed E-state index contributed by atoms with van der Waals surface area (Å²) in [6.45, 7) is 0. The van der Waals surface area contributed by atoms with Gasteiger partial charge < -0.3 is 74.2 Å². The van der Waals surface area contributed by atoms with Crippen molar-refractivity contribution in [1.29, 1.82) is 0 Å². The van der Waals surface area contributed by atoms with Gasteiger partial charge in [-0.1, -0.05) is 36.4 Å². The number of hydrazone groups is 1. The van der Waals surface area contributed by atoms with Gasteiger partial charge >= 0.3 is 0 Å². The largest absolute Gasteiger partial charge is 1.00 e. The van der Waals surface area contributed by atoms with Gasteiger partial charge in [-0.3, -0.25) is 25.0 Å². The molecule has 14 N–H and O–H groups in total. The fourth-order valence-corrected chi connectivity index (χ4v) is 4.56. The highest BCUT2D eigenvalue weighted by molar-refractivity contribution is 6.04. The molecule has 0 amide bonds. The summed E-state index contributed by atoms with van der Waals surface area (Å²) >= 11 is 0. The summed E-state index contributed by atoms with van der Waals surface area (Å²) < 4.78 is 0. The second-order valence-electron chi connectivity index (χ2n) is 10.2. The van der Waals surface area contributed by atoms with Crippen LogP contribution in [0.3, 0.4) is 0 Å². The van der Waals surface area contributed by atoms with E-state index in [0.29, 0.717) is 28.5 Å². The van der Waals surface area contributed by atoms with Crippen LogP contribution < -0.4 is 64.2 Å². The van der Waals surface area contributed by atoms with Crippen molar-refractivity contribution in [2.75, 3.05) is 10.6 Å². The number of halogens is 2. The summed E-state index contributed by atoms with van der Waals surface area (Å²) in [5.41, 5.74) is 25.6. The number of H-pyrrole nitrogens is 2. The standard InChI is InChI=1S/C16H15N7O2.C15H11N3O3.CH6N4.2ClH/c17-16(18)22-19-9-14-15(12-3-1-2-4-13(12)21-14)20-10-5-7-11(8-6-10)23(24)25;19-9-14-15(12-3-1-2-4-13(12)17-14)16-10-5-7-11(8-6-10)18(20)21;2-1(3)5-4;;/h1-9,20-21H,(H4,17,18,22);1-9,16-17H;4H2,(H4,2,3,5);2*1H/p-2/b19-9+;;;;. The van der Waals surface area contributed by atoms with Gasteiger partial charge in [0.25, 0.3) is 11.4 Å². The number of nitro groups is 2. The molecular weight excluding hydrogens is 731 g/mol. The van der Waals surface area contributed by atoms with Gasteiger partial charge in [-0.15, -0.1) is 10.2 Å². The molecule has 0 bridgehead atoms. The number of hydrogen-bond acceptors (Lipinski definition) is 11. The van der Waals surface area contributed by atoms with Gasteiger partial charge in [0, 0.05) is 57.4 Å². The number of hydrogen-bond donors (Lipinski definition) is 9. The molecule has 21 heteroatoms. The first-order valence-electron chi connectivity index (χ1n) is 14.6. The first kappa shape index (κ1) is 41.8. The van der Waals surface area contributed by atoms with Crippen LogP contribution in [0.5, 0.6) is 0 Å². The van der Waals surface area contributed by atoms with Crippen molar-refractivity contribution in [1.82, 2.24) is 9.97 Å². The number of para-hydroxylation sites is 2. The highest BCUT2D eigenvalue weighted by Crippen LogP contribution is 2.31. The lowest BCUT2D eigenvalue weighted by Crippen LogP contribution is -3.00. The number of guanidine groups is 2. The van der Waals surface area contributed by atoms with Crippen molar-refractivity contribution in [3.05, 3.63) is 129 Å². The Balaban J connectivity index is 0.000000318. The highest BCUT2D eigenvalue weighted by Gasteiger charge is 2.13. The minimum absolute atomic E-state index is 0. The first-order chi connectivity index (χ1) is 24.5. The molecule has 0 aliphatic rings. The number of nitrogens with zero attached hydrogens (tertiary/aromatic N) is 5. The smallest absolute Gasteiger partial charge is 0.269 e. The molecule has 0 spiro atoms. The number of aromatic nitrogens is 2. The van der Waals surface area contributed by atoms with E-state index in [0.717, 1.165) is 33.8 Å². The number of aldehydes is 1. The van der Waals surface area contributed by atoms with Gasteiger partial charge in [0.1, 0.15) is 5.69 Å². The number of nitrogens with two attached hydrogens (primary N) is 5. The summed E-state index contributed by atoms with van der Waals surface area (Å²) in [5.74, 6) is 4.28. The Kier molecular flexibility index (Phi) is 15.5. The van der Waals surface area contributed by atoms with Crippen LogP contribution in [0.15, 0.2) is 112 Å². The van der Waals surface area contributed by atoms with Crippen LogP contribution in [0.4, 0.5) is 34.1 Å². The number of nitro benzene ring substituents is 2. The summed E-state index contributed by atoms with van der Waals surface area (Å²) in [6, 6.07) is 27.4. The van der Waals surface area contributed by atoms with Crippen LogP contribution >= 0.6 is 0 Å². The Bertz CT molecular complexity index is 2250. The van der Waals surface area contributed by atoms with Crippen LogP contribution in [0.1, 0.15) is 16.2 Å². The molecule has 19 nitrogen and oxygen atoms in total. The lowest BCUT2D eigenvalue weighted by atomic mass is 10.2. The Labute approximate surface area is 312 Å². The number of aromatic amines is 2. The van der Waals surface area contributed by atoms with Crippen molar-refractivity contribution in [2.24, 2.45) is 44.1 Å². The lowest BCUT2D eigenvalue weighted by molar-refractivity contribution is -0.385. The summed E-state index contributed by atoms with van der Waals surface area (Å²) in [7, 11) is 0. The molecule has 6 aromatic rings. The van der Waals surface area contributed by atoms with Gasteiger partial charge in [0.05, 0.1) is 33.1 Å². The van der Waals surface area contributed by atoms with E-state index < -0.39 is 9.85 Å². The number of carbonyl (C=O) groups excluding carboxylic acids is 1. The SMILES string of the molecule is NC(N)=N/N=C/c1[nH]c2ccccc2c1Nc1ccc([N+](=O)[O-])cc1.NN=C(N)N.O=Cc1[nH]c2ccccc2c1Nc1ccc([N+](=O)[O-])cc1.[Cl-].[Cl-]. The normalized spacial score (nSPS) is 9.89. The van der Waals surface area contributed by atoms with Crippen molar-refractivity contribution in [3.8, 4) is 0 Å². The number of carbonyl (C=O) groups is 1. The Morgan fingerprint density at radius 2 is 1.04 bits per heavy atom. The predicted molar refractivity (Wildman–Crippen MR) is 198 cm³/mol. The average molecular weight is 764 g/mol. The Morgan fingerprint density at radius 3 is 1.42 bits per heavy atom. The van der Waals surface area contributed by atoms with Crippen molar-refractivity contribution >= 4 is 80.4 Å². The van der Waals surface area contributed by atoms with E-state index in [4.69, 9.17) is 22.9 Å². The summed E-state index contributed by atoms with van der Waals surface area (Å²) in [4.78, 5) is 37.9. The third-order valence-corrected chi connectivity index (χ3v) is 6.79. The Morgan fingerprint density at radius 1 is 0.642 bits per heavy atom. The molecule has 0 saturated heterocycles. The topological polar surface area (TPSA) is 326 Å². The first-order valence-corrected chi connectivity index (χ1v) is 14.6. The van der Waals surface area contributed by atoms with Gasteiger partial charge in [0.2, 0.25) is 11.9 Å². The van der Waals surface area contributed by atoms with E-state index in [2.05, 4.69) is 41.7 Å². The van der Waals surface area contributed by atoms with Crippen LogP contribution in [0.25, 0.3) is 21.8 Å². The highest BCUT2D eigenvalue weighted by atomic mass is 35.5. The number of anilines is 4. The van der Waals surface area contributed by atoms with E-state index in [1.165, 1.54) is 30.5 Å². The quantitative estimate of drug-likeness (QED) is 0.0197. The maximum absolute atomic E-state index is 11.2. The molecule has 276 valence electrons. The van der Waals surface area contributed by atoms with E-state index in [1.807, 2.05) is 48.5 Å². The maximum atomic E-state index is 11.2. The minimum Gasteiger partial charge on any atom is -1.00 e. The van der Waals surface area contributed by atoms with E-state index >= 15 is 0 Å². The molecule has 0 saturated carbocycles. The second kappa shape index (κ2) is 19.7. The molecule has 0 aliphatic heterocycles. The van der Waals surface area contributed by atoms with E-state index in [9.17, 15) is 25.0 Å². The van der Waals surface area contributed by atoms with Gasteiger partial charge in [-0.05, 0) is 36.4 Å². The number of benzene rings is 4. The Hall–Kier alpha value is -7.38. The van der Waals surface area contributed by atoms with Crippen LogP contribution in [0.2, 0.25) is 0 Å². The zero-order valence-electron chi connectivity index (χ0n) is 27.3. The zero-order chi connectivity index (χ0) is 36.9.